The molecule has 4 heterocycles. The molecule has 1 aromatic carbocycles. The number of anilines is 1. The molecule has 1 unspecified atom stereocenters. The number of aromatic nitrogens is 2. The molecule has 2 aromatic heterocycles. The van der Waals surface area contributed by atoms with Crippen molar-refractivity contribution in [2.24, 2.45) is 5.92 Å². The molecule has 9 heteroatoms. The van der Waals surface area contributed by atoms with Crippen LogP contribution in [0.2, 0.25) is 5.02 Å². The molecule has 1 amide bonds. The Morgan fingerprint density at radius 2 is 2.03 bits per heavy atom. The van der Waals surface area contributed by atoms with Crippen LogP contribution in [0.1, 0.15) is 35.4 Å². The first-order valence-corrected chi connectivity index (χ1v) is 11.4. The van der Waals surface area contributed by atoms with Gasteiger partial charge in [-0.3, -0.25) is 14.5 Å². The summed E-state index contributed by atoms with van der Waals surface area (Å²) in [6.07, 6.45) is 1.02. The lowest BCUT2D eigenvalue weighted by Crippen LogP contribution is -2.52. The van der Waals surface area contributed by atoms with Gasteiger partial charge >= 0.3 is 5.97 Å². The Kier molecular flexibility index (Phi) is 5.50. The summed E-state index contributed by atoms with van der Waals surface area (Å²) >= 11 is 6.17. The Hall–Kier alpha value is -3.10. The number of aromatic amines is 1. The number of amides is 1. The number of carbonyl (C=O) groups is 2. The molecule has 2 N–H and O–H groups in total. The Morgan fingerprint density at radius 1 is 1.21 bits per heavy atom. The molecule has 5 rings (SSSR count). The van der Waals surface area contributed by atoms with E-state index in [-0.39, 0.29) is 23.1 Å². The molecule has 33 heavy (non-hydrogen) atoms. The van der Waals surface area contributed by atoms with Crippen molar-refractivity contribution >= 4 is 40.1 Å². The average molecular weight is 469 g/mol. The summed E-state index contributed by atoms with van der Waals surface area (Å²) in [4.78, 5) is 43.1. The fourth-order valence-corrected chi connectivity index (χ4v) is 5.36. The second-order valence-electron chi connectivity index (χ2n) is 8.87. The first-order valence-electron chi connectivity index (χ1n) is 11.0. The maximum atomic E-state index is 13.3. The summed E-state index contributed by atoms with van der Waals surface area (Å²) in [6, 6.07) is 10.2. The van der Waals surface area contributed by atoms with Gasteiger partial charge in [-0.2, -0.15) is 0 Å². The third-order valence-corrected chi connectivity index (χ3v) is 7.07. The molecule has 1 saturated heterocycles. The van der Waals surface area contributed by atoms with Crippen molar-refractivity contribution in [1.29, 1.82) is 0 Å². The molecule has 8 nitrogen and oxygen atoms in total. The quantitative estimate of drug-likeness (QED) is 0.573. The molecule has 2 aliphatic rings. The first kappa shape index (κ1) is 21.7. The van der Waals surface area contributed by atoms with E-state index >= 15 is 0 Å². The van der Waals surface area contributed by atoms with Crippen molar-refractivity contribution < 1.29 is 14.3 Å². The molecule has 172 valence electrons. The number of halogens is 1. The van der Waals surface area contributed by atoms with Crippen LogP contribution in [0.25, 0.3) is 10.9 Å². The molecular weight excluding hydrogens is 444 g/mol. The molecular formula is C24H25ClN4O4. The number of hydrogen-bond acceptors (Lipinski definition) is 5. The number of hydrogen-bond donors (Lipinski definition) is 2. The van der Waals surface area contributed by atoms with Crippen molar-refractivity contribution in [3.63, 3.8) is 0 Å². The lowest BCUT2D eigenvalue weighted by Gasteiger charge is -2.44. The zero-order valence-corrected chi connectivity index (χ0v) is 19.2. The van der Waals surface area contributed by atoms with Gasteiger partial charge in [0.15, 0.2) is 0 Å². The van der Waals surface area contributed by atoms with Gasteiger partial charge in [0.2, 0.25) is 5.91 Å². The van der Waals surface area contributed by atoms with Crippen LogP contribution in [0.15, 0.2) is 41.2 Å². The number of pyridine rings is 1. The number of carbonyl (C=O) groups excluding carboxylic acids is 2. The van der Waals surface area contributed by atoms with Gasteiger partial charge in [0, 0.05) is 53.2 Å². The van der Waals surface area contributed by atoms with Crippen molar-refractivity contribution in [2.45, 2.75) is 31.8 Å². The number of rotatable bonds is 4. The summed E-state index contributed by atoms with van der Waals surface area (Å²) in [5.41, 5.74) is 2.30. The molecule has 0 saturated carbocycles. The first-order chi connectivity index (χ1) is 15.9. The third-order valence-electron chi connectivity index (χ3n) is 6.83. The highest BCUT2D eigenvalue weighted by Gasteiger charge is 2.37. The zero-order valence-electron chi connectivity index (χ0n) is 18.4. The predicted octanol–water partition coefficient (Wildman–Crippen LogP) is 3.22. The summed E-state index contributed by atoms with van der Waals surface area (Å²) in [7, 11) is 1.30. The largest absolute Gasteiger partial charge is 0.464 e. The van der Waals surface area contributed by atoms with Gasteiger partial charge in [0.25, 0.3) is 5.56 Å². The fraction of sp³-hybridized carbons (Fsp3) is 0.375. The van der Waals surface area contributed by atoms with Gasteiger partial charge in [-0.15, -0.1) is 0 Å². The van der Waals surface area contributed by atoms with E-state index in [2.05, 4.69) is 15.2 Å². The number of benzene rings is 1. The number of H-pyrrole nitrogens is 1. The Bertz CT molecular complexity index is 1310. The minimum absolute atomic E-state index is 0.0368. The van der Waals surface area contributed by atoms with E-state index in [0.29, 0.717) is 40.6 Å². The molecule has 3 aromatic rings. The van der Waals surface area contributed by atoms with E-state index in [0.717, 1.165) is 18.7 Å². The summed E-state index contributed by atoms with van der Waals surface area (Å²) in [5, 5.41) is 4.09. The van der Waals surface area contributed by atoms with Crippen molar-refractivity contribution in [3.8, 4) is 0 Å². The van der Waals surface area contributed by atoms with Gasteiger partial charge < -0.3 is 19.6 Å². The Balaban J connectivity index is 1.40. The minimum Gasteiger partial charge on any atom is -0.464 e. The molecule has 2 aliphatic heterocycles. The van der Waals surface area contributed by atoms with Crippen molar-refractivity contribution in [3.05, 3.63) is 63.2 Å². The maximum Gasteiger partial charge on any atom is 0.356 e. The molecule has 0 spiro atoms. The summed E-state index contributed by atoms with van der Waals surface area (Å²) < 4.78 is 6.77. The highest BCUT2D eigenvalue weighted by Crippen LogP contribution is 2.36. The smallest absolute Gasteiger partial charge is 0.356 e. The second kappa shape index (κ2) is 8.35. The number of fused-ring (bicyclic) bond motifs is 5. The van der Waals surface area contributed by atoms with E-state index in [4.69, 9.17) is 16.3 Å². The third kappa shape index (κ3) is 3.83. The molecule has 1 fully saturated rings. The molecule has 0 radical (unpaired) electrons. The van der Waals surface area contributed by atoms with Gasteiger partial charge in [-0.05, 0) is 43.5 Å². The summed E-state index contributed by atoms with van der Waals surface area (Å²) in [5.74, 6) is -0.269. The number of esters is 1. The normalized spacial score (nSPS) is 20.8. The Morgan fingerprint density at radius 3 is 2.82 bits per heavy atom. The lowest BCUT2D eigenvalue weighted by atomic mass is 9.82. The topological polar surface area (TPSA) is 96.4 Å². The summed E-state index contributed by atoms with van der Waals surface area (Å²) in [6.45, 7) is 3.96. The fourth-order valence-electron chi connectivity index (χ4n) is 5.19. The van der Waals surface area contributed by atoms with Crippen LogP contribution >= 0.6 is 11.6 Å². The van der Waals surface area contributed by atoms with E-state index in [1.165, 1.54) is 7.11 Å². The highest BCUT2D eigenvalue weighted by atomic mass is 35.5. The van der Waals surface area contributed by atoms with Crippen LogP contribution < -0.4 is 10.9 Å². The average Bonchev–Trinajstić information content (AvgIpc) is 3.16. The zero-order chi connectivity index (χ0) is 23.3. The molecule has 2 bridgehead atoms. The number of ether oxygens (including phenoxy) is 1. The van der Waals surface area contributed by atoms with Crippen LogP contribution in [0.5, 0.6) is 0 Å². The second-order valence-corrected chi connectivity index (χ2v) is 9.31. The number of nitrogens with zero attached hydrogens (tertiary/aromatic N) is 2. The molecule has 3 atom stereocenters. The Labute approximate surface area is 195 Å². The van der Waals surface area contributed by atoms with Crippen LogP contribution in [0.4, 0.5) is 5.69 Å². The van der Waals surface area contributed by atoms with Crippen LogP contribution in [0, 0.1) is 5.92 Å². The van der Waals surface area contributed by atoms with E-state index in [1.54, 1.807) is 30.3 Å². The van der Waals surface area contributed by atoms with E-state index in [9.17, 15) is 14.4 Å². The van der Waals surface area contributed by atoms with Crippen LogP contribution in [0.3, 0.4) is 0 Å². The van der Waals surface area contributed by atoms with Crippen molar-refractivity contribution in [2.75, 3.05) is 25.5 Å². The number of likely N-dealkylation sites (tertiary alicyclic amines) is 1. The van der Waals surface area contributed by atoms with E-state index < -0.39 is 12.0 Å². The van der Waals surface area contributed by atoms with Crippen LogP contribution in [-0.2, 0) is 16.1 Å². The van der Waals surface area contributed by atoms with Gasteiger partial charge in [0.05, 0.1) is 18.8 Å². The minimum atomic E-state index is -0.570. The SMILES string of the molecule is COC(=O)c1[nH]c2ccc(Cl)cc2c1NC(=O)C(C)N1C[C@@H]2C[C@H](C1)c1cccc(=O)n1C2. The predicted molar refractivity (Wildman–Crippen MR) is 126 cm³/mol. The monoisotopic (exact) mass is 468 g/mol. The van der Waals surface area contributed by atoms with E-state index in [1.807, 2.05) is 17.6 Å². The highest BCUT2D eigenvalue weighted by molar-refractivity contribution is 6.31. The van der Waals surface area contributed by atoms with Gasteiger partial charge in [0.1, 0.15) is 5.69 Å². The lowest BCUT2D eigenvalue weighted by molar-refractivity contribution is -0.121. The standard InChI is InChI=1S/C24H25ClN4O4/c1-13(28-10-14-8-15(12-28)19-4-3-5-20(30)29(19)11-14)23(31)27-21-17-9-16(25)6-7-18(17)26-22(21)24(32)33-2/h3-7,9,13-15,26H,8,10-12H2,1-2H3,(H,27,31)/t13?,14-,15+/m0/s1. The van der Waals surface area contributed by atoms with Crippen LogP contribution in [-0.4, -0.2) is 52.6 Å². The molecule has 0 aliphatic carbocycles. The van der Waals surface area contributed by atoms with Gasteiger partial charge in [-0.1, -0.05) is 17.7 Å². The number of piperidine rings is 1. The number of methoxy groups -OCH3 is 1. The maximum absolute atomic E-state index is 13.3. The van der Waals surface area contributed by atoms with Gasteiger partial charge in [-0.25, -0.2) is 4.79 Å². The number of nitrogens with one attached hydrogen (secondary N) is 2. The van der Waals surface area contributed by atoms with Crippen molar-refractivity contribution in [1.82, 2.24) is 14.5 Å².